The number of ether oxygens (including phenoxy) is 2. The molecule has 1 aromatic carbocycles. The van der Waals surface area contributed by atoms with Crippen molar-refractivity contribution >= 4 is 15.9 Å². The Bertz CT molecular complexity index is 408. The first-order valence-electron chi connectivity index (χ1n) is 7.24. The van der Waals surface area contributed by atoms with E-state index >= 15 is 0 Å². The van der Waals surface area contributed by atoms with Crippen LogP contribution in [0.1, 0.15) is 31.9 Å². The molecule has 0 atom stereocenters. The van der Waals surface area contributed by atoms with Crippen LogP contribution in [0.3, 0.4) is 0 Å². The molecular formula is C16H26BrNO2. The van der Waals surface area contributed by atoms with Crippen molar-refractivity contribution in [1.29, 1.82) is 0 Å². The molecule has 4 heteroatoms. The quantitative estimate of drug-likeness (QED) is 0.689. The van der Waals surface area contributed by atoms with E-state index < -0.39 is 0 Å². The second-order valence-corrected chi connectivity index (χ2v) is 6.20. The first-order valence-corrected chi connectivity index (χ1v) is 8.04. The van der Waals surface area contributed by atoms with Gasteiger partial charge in [0.15, 0.2) is 0 Å². The highest BCUT2D eigenvalue weighted by atomic mass is 79.9. The van der Waals surface area contributed by atoms with Crippen molar-refractivity contribution in [2.75, 3.05) is 26.4 Å². The molecule has 0 unspecified atom stereocenters. The summed E-state index contributed by atoms with van der Waals surface area (Å²) in [5, 5.41) is 3.47. The smallest absolute Gasteiger partial charge is 0.126 e. The lowest BCUT2D eigenvalue weighted by Gasteiger charge is -2.16. The summed E-state index contributed by atoms with van der Waals surface area (Å²) in [6, 6.07) is 4.21. The van der Waals surface area contributed by atoms with Crippen molar-refractivity contribution < 1.29 is 9.47 Å². The predicted octanol–water partition coefficient (Wildman–Crippen LogP) is 3.92. The molecule has 0 aliphatic carbocycles. The number of aryl methyl sites for hydroxylation is 1. The van der Waals surface area contributed by atoms with Crippen molar-refractivity contribution in [2.45, 2.75) is 34.2 Å². The molecule has 0 saturated carbocycles. The van der Waals surface area contributed by atoms with Gasteiger partial charge in [-0.25, -0.2) is 0 Å². The molecule has 0 radical (unpaired) electrons. The van der Waals surface area contributed by atoms with E-state index in [1.807, 2.05) is 6.92 Å². The highest BCUT2D eigenvalue weighted by Gasteiger charge is 2.09. The van der Waals surface area contributed by atoms with E-state index in [9.17, 15) is 0 Å². The van der Waals surface area contributed by atoms with Gasteiger partial charge in [0.05, 0.1) is 6.61 Å². The Labute approximate surface area is 131 Å². The zero-order chi connectivity index (χ0) is 15.0. The summed E-state index contributed by atoms with van der Waals surface area (Å²) in [6.45, 7) is 12.3. The normalized spacial score (nSPS) is 11.1. The fourth-order valence-corrected chi connectivity index (χ4v) is 2.60. The standard InChI is InChI=1S/C16H26BrNO2/c1-5-19-6-7-20-16-13(4)8-15(17)9-14(16)11-18-10-12(2)3/h8-9,12,18H,5-7,10-11H2,1-4H3. The van der Waals surface area contributed by atoms with Crippen LogP contribution in [0.25, 0.3) is 0 Å². The van der Waals surface area contributed by atoms with Gasteiger partial charge in [0.25, 0.3) is 0 Å². The minimum atomic E-state index is 0.591. The minimum Gasteiger partial charge on any atom is -0.491 e. The lowest BCUT2D eigenvalue weighted by atomic mass is 10.1. The van der Waals surface area contributed by atoms with Gasteiger partial charge in [-0.1, -0.05) is 29.8 Å². The molecule has 1 N–H and O–H groups in total. The first-order chi connectivity index (χ1) is 9.54. The van der Waals surface area contributed by atoms with Crippen LogP contribution < -0.4 is 10.1 Å². The van der Waals surface area contributed by atoms with E-state index in [0.717, 1.165) is 35.5 Å². The number of rotatable bonds is 9. The van der Waals surface area contributed by atoms with Gasteiger partial charge in [0.1, 0.15) is 12.4 Å². The van der Waals surface area contributed by atoms with Crippen molar-refractivity contribution in [1.82, 2.24) is 5.32 Å². The molecule has 3 nitrogen and oxygen atoms in total. The number of benzene rings is 1. The Morgan fingerprint density at radius 2 is 2.00 bits per heavy atom. The van der Waals surface area contributed by atoms with E-state index in [2.05, 4.69) is 54.2 Å². The largest absolute Gasteiger partial charge is 0.491 e. The third-order valence-electron chi connectivity index (χ3n) is 2.86. The molecule has 20 heavy (non-hydrogen) atoms. The third-order valence-corrected chi connectivity index (χ3v) is 3.32. The number of hydrogen-bond donors (Lipinski definition) is 1. The van der Waals surface area contributed by atoms with Crippen LogP contribution in [0.5, 0.6) is 5.75 Å². The zero-order valence-electron chi connectivity index (χ0n) is 13.0. The van der Waals surface area contributed by atoms with Gasteiger partial charge in [0, 0.05) is 23.2 Å². The lowest BCUT2D eigenvalue weighted by molar-refractivity contribution is 0.109. The van der Waals surface area contributed by atoms with E-state index in [4.69, 9.17) is 9.47 Å². The highest BCUT2D eigenvalue weighted by Crippen LogP contribution is 2.28. The topological polar surface area (TPSA) is 30.5 Å². The second kappa shape index (κ2) is 9.37. The van der Waals surface area contributed by atoms with Crippen LogP contribution in [-0.2, 0) is 11.3 Å². The van der Waals surface area contributed by atoms with Crippen LogP contribution in [0.4, 0.5) is 0 Å². The summed E-state index contributed by atoms with van der Waals surface area (Å²) in [4.78, 5) is 0. The van der Waals surface area contributed by atoms with E-state index in [1.165, 1.54) is 5.56 Å². The van der Waals surface area contributed by atoms with Gasteiger partial charge in [-0.2, -0.15) is 0 Å². The van der Waals surface area contributed by atoms with Crippen LogP contribution in [0.15, 0.2) is 16.6 Å². The Morgan fingerprint density at radius 1 is 1.25 bits per heavy atom. The summed E-state index contributed by atoms with van der Waals surface area (Å²) in [5.41, 5.74) is 2.34. The predicted molar refractivity (Wildman–Crippen MR) is 87.4 cm³/mol. The average molecular weight is 344 g/mol. The van der Waals surface area contributed by atoms with Gasteiger partial charge in [-0.05, 0) is 44.0 Å². The van der Waals surface area contributed by atoms with Crippen molar-refractivity contribution in [3.05, 3.63) is 27.7 Å². The maximum atomic E-state index is 5.90. The molecule has 0 spiro atoms. The number of halogens is 1. The maximum Gasteiger partial charge on any atom is 0.126 e. The summed E-state index contributed by atoms with van der Waals surface area (Å²) in [6.07, 6.45) is 0. The molecule has 1 aromatic rings. The molecule has 1 rings (SSSR count). The molecule has 0 aliphatic heterocycles. The molecule has 0 fully saturated rings. The summed E-state index contributed by atoms with van der Waals surface area (Å²) in [5.74, 6) is 1.62. The third kappa shape index (κ3) is 6.25. The molecule has 0 heterocycles. The molecule has 0 saturated heterocycles. The maximum absolute atomic E-state index is 5.90. The Kier molecular flexibility index (Phi) is 8.19. The van der Waals surface area contributed by atoms with E-state index in [-0.39, 0.29) is 0 Å². The van der Waals surface area contributed by atoms with Gasteiger partial charge < -0.3 is 14.8 Å². The first kappa shape index (κ1) is 17.5. The van der Waals surface area contributed by atoms with Crippen molar-refractivity contribution in [3.63, 3.8) is 0 Å². The second-order valence-electron chi connectivity index (χ2n) is 5.28. The van der Waals surface area contributed by atoms with Crippen molar-refractivity contribution in [2.24, 2.45) is 5.92 Å². The summed E-state index contributed by atoms with van der Waals surface area (Å²) < 4.78 is 12.3. The monoisotopic (exact) mass is 343 g/mol. The molecule has 0 aromatic heterocycles. The van der Waals surface area contributed by atoms with Crippen molar-refractivity contribution in [3.8, 4) is 5.75 Å². The SMILES string of the molecule is CCOCCOc1c(C)cc(Br)cc1CNCC(C)C. The Balaban J connectivity index is 2.68. The van der Waals surface area contributed by atoms with Gasteiger partial charge >= 0.3 is 0 Å². The van der Waals surface area contributed by atoms with Crippen LogP contribution >= 0.6 is 15.9 Å². The van der Waals surface area contributed by atoms with Crippen LogP contribution in [0.2, 0.25) is 0 Å². The molecule has 114 valence electrons. The fraction of sp³-hybridized carbons (Fsp3) is 0.625. The molecule has 0 amide bonds. The van der Waals surface area contributed by atoms with Gasteiger partial charge in [-0.15, -0.1) is 0 Å². The Morgan fingerprint density at radius 3 is 2.65 bits per heavy atom. The van der Waals surface area contributed by atoms with E-state index in [0.29, 0.717) is 19.1 Å². The fourth-order valence-electron chi connectivity index (χ4n) is 1.98. The van der Waals surface area contributed by atoms with Crippen LogP contribution in [0, 0.1) is 12.8 Å². The molecule has 0 aliphatic rings. The number of nitrogens with one attached hydrogen (secondary N) is 1. The molecular weight excluding hydrogens is 318 g/mol. The minimum absolute atomic E-state index is 0.591. The van der Waals surface area contributed by atoms with E-state index in [1.54, 1.807) is 0 Å². The summed E-state index contributed by atoms with van der Waals surface area (Å²) in [7, 11) is 0. The Hall–Kier alpha value is -0.580. The lowest BCUT2D eigenvalue weighted by Crippen LogP contribution is -2.20. The van der Waals surface area contributed by atoms with Crippen LogP contribution in [-0.4, -0.2) is 26.4 Å². The number of hydrogen-bond acceptors (Lipinski definition) is 3. The van der Waals surface area contributed by atoms with Gasteiger partial charge in [0.2, 0.25) is 0 Å². The summed E-state index contributed by atoms with van der Waals surface area (Å²) >= 11 is 3.55. The molecule has 0 bridgehead atoms. The zero-order valence-corrected chi connectivity index (χ0v) is 14.5. The van der Waals surface area contributed by atoms with Gasteiger partial charge in [-0.3, -0.25) is 0 Å². The average Bonchev–Trinajstić information content (AvgIpc) is 2.36. The highest BCUT2D eigenvalue weighted by molar-refractivity contribution is 9.10.